The molecule has 146 valence electrons. The van der Waals surface area contributed by atoms with Crippen LogP contribution in [0, 0.1) is 6.92 Å². The van der Waals surface area contributed by atoms with Crippen LogP contribution in [0.25, 0.3) is 0 Å². The third kappa shape index (κ3) is 5.35. The first-order valence-corrected chi connectivity index (χ1v) is 8.98. The lowest BCUT2D eigenvalue weighted by Crippen LogP contribution is -2.38. The molecule has 0 unspecified atom stereocenters. The Kier molecular flexibility index (Phi) is 7.91. The zero-order chi connectivity index (χ0) is 18.4. The van der Waals surface area contributed by atoms with Crippen molar-refractivity contribution < 1.29 is 9.47 Å². The largest absolute Gasteiger partial charge is 0.497 e. The van der Waals surface area contributed by atoms with E-state index in [1.54, 1.807) is 7.11 Å². The fraction of sp³-hybridized carbons (Fsp3) is 0.381. The van der Waals surface area contributed by atoms with Crippen molar-refractivity contribution in [3.8, 4) is 5.75 Å². The summed E-state index contributed by atoms with van der Waals surface area (Å²) in [6.45, 7) is 4.33. The average molecular weight is 481 g/mol. The number of nitrogens with zero attached hydrogens (tertiary/aromatic N) is 1. The Hall–Kier alpha value is -1.80. The molecule has 0 aliphatic carbocycles. The van der Waals surface area contributed by atoms with Crippen molar-refractivity contribution in [3.05, 3.63) is 59.7 Å². The molecule has 0 spiro atoms. The van der Waals surface area contributed by atoms with Crippen LogP contribution in [-0.2, 0) is 10.2 Å². The number of hydrogen-bond donors (Lipinski definition) is 2. The van der Waals surface area contributed by atoms with E-state index in [-0.39, 0.29) is 29.4 Å². The van der Waals surface area contributed by atoms with Crippen LogP contribution >= 0.6 is 24.0 Å². The third-order valence-electron chi connectivity index (χ3n) is 5.08. The van der Waals surface area contributed by atoms with E-state index in [1.165, 1.54) is 11.1 Å². The number of nitrogens with two attached hydrogens (primary N) is 1. The third-order valence-corrected chi connectivity index (χ3v) is 5.08. The van der Waals surface area contributed by atoms with Gasteiger partial charge in [0.2, 0.25) is 0 Å². The molecule has 3 rings (SSSR count). The van der Waals surface area contributed by atoms with E-state index in [1.807, 2.05) is 24.3 Å². The maximum Gasteiger partial charge on any atom is 0.193 e. The summed E-state index contributed by atoms with van der Waals surface area (Å²) in [4.78, 5) is 4.67. The van der Waals surface area contributed by atoms with Crippen molar-refractivity contribution in [1.82, 2.24) is 0 Å². The van der Waals surface area contributed by atoms with Gasteiger partial charge in [-0.3, -0.25) is 4.99 Å². The molecule has 2 aromatic rings. The second-order valence-electron chi connectivity index (χ2n) is 6.76. The summed E-state index contributed by atoms with van der Waals surface area (Å²) < 4.78 is 10.8. The number of anilines is 1. The molecular formula is C21H28IN3O2. The number of hydrogen-bond acceptors (Lipinski definition) is 3. The van der Waals surface area contributed by atoms with Crippen LogP contribution in [0.1, 0.15) is 24.0 Å². The molecule has 3 N–H and O–H groups in total. The number of benzene rings is 2. The minimum atomic E-state index is -0.0181. The molecule has 1 fully saturated rings. The molecule has 0 bridgehead atoms. The van der Waals surface area contributed by atoms with Gasteiger partial charge in [0, 0.05) is 24.3 Å². The Morgan fingerprint density at radius 1 is 1.15 bits per heavy atom. The highest BCUT2D eigenvalue weighted by atomic mass is 127. The fourth-order valence-corrected chi connectivity index (χ4v) is 3.54. The Morgan fingerprint density at radius 2 is 1.81 bits per heavy atom. The maximum absolute atomic E-state index is 6.14. The quantitative estimate of drug-likeness (QED) is 0.384. The minimum Gasteiger partial charge on any atom is -0.497 e. The van der Waals surface area contributed by atoms with E-state index in [4.69, 9.17) is 15.2 Å². The predicted molar refractivity (Wildman–Crippen MR) is 121 cm³/mol. The predicted octanol–water partition coefficient (Wildman–Crippen LogP) is 4.10. The zero-order valence-corrected chi connectivity index (χ0v) is 18.2. The van der Waals surface area contributed by atoms with E-state index in [2.05, 4.69) is 41.5 Å². The molecule has 0 aromatic heterocycles. The van der Waals surface area contributed by atoms with Gasteiger partial charge in [0.15, 0.2) is 5.96 Å². The van der Waals surface area contributed by atoms with Crippen LogP contribution < -0.4 is 15.8 Å². The summed E-state index contributed by atoms with van der Waals surface area (Å²) in [5.41, 5.74) is 9.67. The van der Waals surface area contributed by atoms with Crippen LogP contribution in [0.2, 0.25) is 0 Å². The van der Waals surface area contributed by atoms with Gasteiger partial charge in [-0.1, -0.05) is 24.3 Å². The van der Waals surface area contributed by atoms with Crippen LogP contribution in [-0.4, -0.2) is 32.8 Å². The van der Waals surface area contributed by atoms with Gasteiger partial charge < -0.3 is 20.5 Å². The van der Waals surface area contributed by atoms with Crippen molar-refractivity contribution >= 4 is 35.6 Å². The first-order chi connectivity index (χ1) is 12.6. The minimum absolute atomic E-state index is 0. The SMILES string of the molecule is COc1ccc(NC(N)=NCC2(c3ccccc3C)CCOCC2)cc1.I. The summed E-state index contributed by atoms with van der Waals surface area (Å²) in [5.74, 6) is 1.24. The van der Waals surface area contributed by atoms with Gasteiger partial charge in [-0.05, 0) is 55.2 Å². The smallest absolute Gasteiger partial charge is 0.193 e. The lowest BCUT2D eigenvalue weighted by molar-refractivity contribution is 0.0529. The number of aryl methyl sites for hydroxylation is 1. The molecule has 1 saturated heterocycles. The standard InChI is InChI=1S/C21H27N3O2.HI/c1-16-5-3-4-6-19(16)21(11-13-26-14-12-21)15-23-20(22)24-17-7-9-18(25-2)10-8-17;/h3-10H,11-15H2,1-2H3,(H3,22,23,24);1H. The molecule has 0 atom stereocenters. The first-order valence-electron chi connectivity index (χ1n) is 8.98. The summed E-state index contributed by atoms with van der Waals surface area (Å²) >= 11 is 0. The highest BCUT2D eigenvalue weighted by Gasteiger charge is 2.35. The lowest BCUT2D eigenvalue weighted by atomic mass is 9.72. The van der Waals surface area contributed by atoms with Gasteiger partial charge in [-0.25, -0.2) is 0 Å². The molecule has 0 saturated carbocycles. The summed E-state index contributed by atoms with van der Waals surface area (Å²) in [5, 5.41) is 3.16. The van der Waals surface area contributed by atoms with E-state index < -0.39 is 0 Å². The number of halogens is 1. The molecule has 27 heavy (non-hydrogen) atoms. The molecule has 1 aliphatic rings. The van der Waals surface area contributed by atoms with Crippen molar-refractivity contribution in [2.24, 2.45) is 10.7 Å². The molecule has 0 amide bonds. The first kappa shape index (κ1) is 21.5. The van der Waals surface area contributed by atoms with Crippen molar-refractivity contribution in [3.63, 3.8) is 0 Å². The number of nitrogens with one attached hydrogen (secondary N) is 1. The molecule has 1 aliphatic heterocycles. The molecule has 2 aromatic carbocycles. The summed E-state index contributed by atoms with van der Waals surface area (Å²) in [6, 6.07) is 16.2. The number of guanidine groups is 1. The number of aliphatic imine (C=N–C) groups is 1. The second kappa shape index (κ2) is 9.94. The Morgan fingerprint density at radius 3 is 2.44 bits per heavy atom. The summed E-state index contributed by atoms with van der Waals surface area (Å²) in [6.07, 6.45) is 1.91. The molecule has 6 heteroatoms. The fourth-order valence-electron chi connectivity index (χ4n) is 3.54. The topological polar surface area (TPSA) is 68.9 Å². The summed E-state index contributed by atoms with van der Waals surface area (Å²) in [7, 11) is 1.65. The number of methoxy groups -OCH3 is 1. The average Bonchev–Trinajstić information content (AvgIpc) is 2.68. The number of ether oxygens (including phenoxy) is 2. The highest BCUT2D eigenvalue weighted by molar-refractivity contribution is 14.0. The van der Waals surface area contributed by atoms with Crippen LogP contribution in [0.15, 0.2) is 53.5 Å². The Balaban J connectivity index is 0.00000261. The number of rotatable bonds is 5. The van der Waals surface area contributed by atoms with Crippen LogP contribution in [0.5, 0.6) is 5.75 Å². The highest BCUT2D eigenvalue weighted by Crippen LogP contribution is 2.37. The van der Waals surface area contributed by atoms with Gasteiger partial charge in [-0.2, -0.15) is 0 Å². The van der Waals surface area contributed by atoms with E-state index >= 15 is 0 Å². The Bertz CT molecular complexity index is 756. The van der Waals surface area contributed by atoms with Gasteiger partial charge in [0.25, 0.3) is 0 Å². The maximum atomic E-state index is 6.14. The van der Waals surface area contributed by atoms with E-state index in [0.717, 1.165) is 37.5 Å². The van der Waals surface area contributed by atoms with Crippen LogP contribution in [0.3, 0.4) is 0 Å². The van der Waals surface area contributed by atoms with Gasteiger partial charge >= 0.3 is 0 Å². The normalized spacial score (nSPS) is 16.3. The van der Waals surface area contributed by atoms with Crippen LogP contribution in [0.4, 0.5) is 5.69 Å². The van der Waals surface area contributed by atoms with Crippen molar-refractivity contribution in [2.45, 2.75) is 25.2 Å². The second-order valence-corrected chi connectivity index (χ2v) is 6.76. The Labute approximate surface area is 178 Å². The molecular weight excluding hydrogens is 453 g/mol. The van der Waals surface area contributed by atoms with Gasteiger partial charge in [0.05, 0.1) is 13.7 Å². The zero-order valence-electron chi connectivity index (χ0n) is 15.9. The van der Waals surface area contributed by atoms with Gasteiger partial charge in [0.1, 0.15) is 5.75 Å². The van der Waals surface area contributed by atoms with Crippen molar-refractivity contribution in [1.29, 1.82) is 0 Å². The van der Waals surface area contributed by atoms with E-state index in [0.29, 0.717) is 12.5 Å². The molecule has 0 radical (unpaired) electrons. The van der Waals surface area contributed by atoms with Gasteiger partial charge in [-0.15, -0.1) is 24.0 Å². The molecule has 5 nitrogen and oxygen atoms in total. The molecule has 1 heterocycles. The monoisotopic (exact) mass is 481 g/mol. The van der Waals surface area contributed by atoms with E-state index in [9.17, 15) is 0 Å². The van der Waals surface area contributed by atoms with Crippen molar-refractivity contribution in [2.75, 3.05) is 32.2 Å². The lowest BCUT2D eigenvalue weighted by Gasteiger charge is -2.37.